The second-order valence-corrected chi connectivity index (χ2v) is 6.30. The monoisotopic (exact) mass is 397 g/mol. The van der Waals surface area contributed by atoms with Gasteiger partial charge in [0.2, 0.25) is 5.91 Å². The summed E-state index contributed by atoms with van der Waals surface area (Å²) in [6.45, 7) is 2.58. The van der Waals surface area contributed by atoms with E-state index >= 15 is 0 Å². The van der Waals surface area contributed by atoms with Crippen LogP contribution in [0, 0.1) is 0 Å². The number of aromatic amines is 2. The van der Waals surface area contributed by atoms with Crippen molar-refractivity contribution in [2.45, 2.75) is 18.4 Å². The lowest BCUT2D eigenvalue weighted by Crippen LogP contribution is -2.26. The fraction of sp³-hybridized carbons (Fsp3) is 0.267. The number of H-pyrrole nitrogens is 2. The van der Waals surface area contributed by atoms with Gasteiger partial charge in [0.25, 0.3) is 5.56 Å². The van der Waals surface area contributed by atoms with Gasteiger partial charge < -0.3 is 4.74 Å². The Kier molecular flexibility index (Phi) is 7.42. The van der Waals surface area contributed by atoms with E-state index in [9.17, 15) is 14.4 Å². The fourth-order valence-electron chi connectivity index (χ4n) is 1.71. The number of amides is 1. The van der Waals surface area contributed by atoms with E-state index in [2.05, 4.69) is 20.7 Å². The molecule has 0 aliphatic rings. The Morgan fingerprint density at radius 1 is 1.46 bits per heavy atom. The third-order valence-corrected chi connectivity index (χ3v) is 4.09. The van der Waals surface area contributed by atoms with Crippen molar-refractivity contribution in [3.63, 3.8) is 0 Å². The van der Waals surface area contributed by atoms with Crippen molar-refractivity contribution in [3.05, 3.63) is 49.6 Å². The summed E-state index contributed by atoms with van der Waals surface area (Å²) in [5.41, 5.74) is 1.64. The van der Waals surface area contributed by atoms with Crippen LogP contribution in [0.25, 0.3) is 0 Å². The number of thioether (sulfide) groups is 1. The summed E-state index contributed by atoms with van der Waals surface area (Å²) in [7, 11) is 0. The summed E-state index contributed by atoms with van der Waals surface area (Å²) in [5.74, 6) is 0.0571. The van der Waals surface area contributed by atoms with Crippen LogP contribution >= 0.6 is 23.4 Å². The molecule has 0 saturated carbocycles. The highest BCUT2D eigenvalue weighted by Gasteiger charge is 2.07. The van der Waals surface area contributed by atoms with Crippen LogP contribution in [0.15, 0.2) is 37.9 Å². The van der Waals surface area contributed by atoms with Crippen LogP contribution in [0.5, 0.6) is 5.75 Å². The lowest BCUT2D eigenvalue weighted by molar-refractivity contribution is -0.118. The quantitative estimate of drug-likeness (QED) is 0.348. The van der Waals surface area contributed by atoms with Gasteiger partial charge >= 0.3 is 5.69 Å². The van der Waals surface area contributed by atoms with Crippen LogP contribution in [0.4, 0.5) is 0 Å². The first-order valence-electron chi connectivity index (χ1n) is 7.55. The van der Waals surface area contributed by atoms with Gasteiger partial charge in [-0.15, -0.1) is 0 Å². The standard InChI is InChI=1S/C15H16ClN5O4S/c1-2-5-25-11-4-3-9(6-10(11)16)7-17-19-12(22)8-26-14-13(23)18-15(24)21-20-14/h3-4,6-7H,2,5,8H2,1H3,(H,19,22)(H2,18,21,23,24)/b17-7+. The Balaban J connectivity index is 1.85. The molecule has 0 aliphatic carbocycles. The topological polar surface area (TPSA) is 129 Å². The summed E-state index contributed by atoms with van der Waals surface area (Å²) in [5, 5.41) is 9.90. The van der Waals surface area contributed by atoms with Crippen LogP contribution in [0.3, 0.4) is 0 Å². The molecule has 0 spiro atoms. The molecular formula is C15H16ClN5O4S. The van der Waals surface area contributed by atoms with Gasteiger partial charge in [0.1, 0.15) is 5.75 Å². The molecule has 0 radical (unpaired) electrons. The average molecular weight is 398 g/mol. The number of carbonyl (C=O) groups excluding carboxylic acids is 1. The van der Waals surface area contributed by atoms with Gasteiger partial charge in [0.05, 0.1) is 23.6 Å². The van der Waals surface area contributed by atoms with E-state index in [0.717, 1.165) is 18.2 Å². The maximum absolute atomic E-state index is 11.7. The highest BCUT2D eigenvalue weighted by molar-refractivity contribution is 7.99. The van der Waals surface area contributed by atoms with Crippen molar-refractivity contribution >= 4 is 35.5 Å². The zero-order chi connectivity index (χ0) is 18.9. The molecule has 2 rings (SSSR count). The largest absolute Gasteiger partial charge is 0.492 e. The number of nitrogens with zero attached hydrogens (tertiary/aromatic N) is 2. The van der Waals surface area contributed by atoms with Crippen molar-refractivity contribution < 1.29 is 9.53 Å². The van der Waals surface area contributed by atoms with E-state index in [-0.39, 0.29) is 10.8 Å². The molecule has 1 heterocycles. The second-order valence-electron chi connectivity index (χ2n) is 4.93. The van der Waals surface area contributed by atoms with E-state index in [4.69, 9.17) is 16.3 Å². The zero-order valence-electron chi connectivity index (χ0n) is 13.7. The lowest BCUT2D eigenvalue weighted by atomic mass is 10.2. The van der Waals surface area contributed by atoms with E-state index in [1.54, 1.807) is 18.2 Å². The molecule has 138 valence electrons. The Bertz CT molecular complexity index is 911. The predicted octanol–water partition coefficient (Wildman–Crippen LogP) is 1.14. The van der Waals surface area contributed by atoms with E-state index in [0.29, 0.717) is 22.9 Å². The van der Waals surface area contributed by atoms with Crippen LogP contribution in [-0.2, 0) is 4.79 Å². The van der Waals surface area contributed by atoms with Gasteiger partial charge in [-0.05, 0) is 30.2 Å². The maximum atomic E-state index is 11.7. The predicted molar refractivity (Wildman–Crippen MR) is 99.2 cm³/mol. The Morgan fingerprint density at radius 3 is 2.96 bits per heavy atom. The molecule has 3 N–H and O–H groups in total. The minimum atomic E-state index is -0.710. The zero-order valence-corrected chi connectivity index (χ0v) is 15.3. The van der Waals surface area contributed by atoms with E-state index < -0.39 is 17.2 Å². The molecule has 1 amide bonds. The number of hydrogen-bond donors (Lipinski definition) is 3. The number of hydrazone groups is 1. The van der Waals surface area contributed by atoms with Crippen molar-refractivity contribution in [1.29, 1.82) is 0 Å². The summed E-state index contributed by atoms with van der Waals surface area (Å²) < 4.78 is 5.47. The number of aromatic nitrogens is 3. The smallest absolute Gasteiger partial charge is 0.342 e. The van der Waals surface area contributed by atoms with Gasteiger partial charge in [-0.1, -0.05) is 30.3 Å². The SMILES string of the molecule is CCCOc1ccc(/C=N/NC(=O)CSc2n[nH]c(=O)[nH]c2=O)cc1Cl. The molecule has 11 heteroatoms. The van der Waals surface area contributed by atoms with E-state index in [1.165, 1.54) is 6.21 Å². The summed E-state index contributed by atoms with van der Waals surface area (Å²) >= 11 is 6.98. The molecule has 0 atom stereocenters. The Morgan fingerprint density at radius 2 is 2.27 bits per heavy atom. The molecule has 0 fully saturated rings. The first-order valence-corrected chi connectivity index (χ1v) is 8.92. The summed E-state index contributed by atoms with van der Waals surface area (Å²) in [6, 6.07) is 5.15. The van der Waals surface area contributed by atoms with Gasteiger partial charge in [-0.2, -0.15) is 10.2 Å². The normalized spacial score (nSPS) is 10.8. The van der Waals surface area contributed by atoms with Crippen LogP contribution in [-0.4, -0.2) is 39.7 Å². The molecule has 0 aliphatic heterocycles. The summed E-state index contributed by atoms with van der Waals surface area (Å²) in [4.78, 5) is 36.0. The Labute approximate surface area is 157 Å². The summed E-state index contributed by atoms with van der Waals surface area (Å²) in [6.07, 6.45) is 2.31. The van der Waals surface area contributed by atoms with Crippen LogP contribution in [0.2, 0.25) is 5.02 Å². The highest BCUT2D eigenvalue weighted by atomic mass is 35.5. The highest BCUT2D eigenvalue weighted by Crippen LogP contribution is 2.24. The number of carbonyl (C=O) groups is 1. The first-order chi connectivity index (χ1) is 12.5. The van der Waals surface area contributed by atoms with Crippen molar-refractivity contribution in [3.8, 4) is 5.75 Å². The molecule has 0 bridgehead atoms. The molecule has 0 saturated heterocycles. The Hall–Kier alpha value is -2.59. The number of halogens is 1. The number of benzene rings is 1. The lowest BCUT2D eigenvalue weighted by Gasteiger charge is -2.06. The third kappa shape index (κ3) is 6.05. The number of nitrogens with one attached hydrogen (secondary N) is 3. The number of ether oxygens (including phenoxy) is 1. The minimum Gasteiger partial charge on any atom is -0.492 e. The molecule has 0 unspecified atom stereocenters. The molecule has 2 aromatic rings. The van der Waals surface area contributed by atoms with Crippen molar-refractivity contribution in [2.24, 2.45) is 5.10 Å². The third-order valence-electron chi connectivity index (χ3n) is 2.84. The minimum absolute atomic E-state index is 0.0156. The van der Waals surface area contributed by atoms with Crippen LogP contribution in [0.1, 0.15) is 18.9 Å². The molecular weight excluding hydrogens is 382 g/mol. The molecule has 1 aromatic heterocycles. The molecule has 9 nitrogen and oxygen atoms in total. The second kappa shape index (κ2) is 9.78. The first kappa shape index (κ1) is 19.7. The molecule has 1 aromatic carbocycles. The van der Waals surface area contributed by atoms with Gasteiger partial charge in [0, 0.05) is 0 Å². The van der Waals surface area contributed by atoms with Gasteiger partial charge in [0.15, 0.2) is 5.03 Å². The van der Waals surface area contributed by atoms with Crippen molar-refractivity contribution in [2.75, 3.05) is 12.4 Å². The number of hydrogen-bond acceptors (Lipinski definition) is 7. The van der Waals surface area contributed by atoms with Gasteiger partial charge in [-0.25, -0.2) is 15.3 Å². The number of rotatable bonds is 8. The fourth-order valence-corrected chi connectivity index (χ4v) is 2.57. The molecule has 26 heavy (non-hydrogen) atoms. The average Bonchev–Trinajstić information content (AvgIpc) is 2.60. The van der Waals surface area contributed by atoms with Crippen LogP contribution < -0.4 is 21.4 Å². The van der Waals surface area contributed by atoms with E-state index in [1.807, 2.05) is 11.9 Å². The van der Waals surface area contributed by atoms with Crippen molar-refractivity contribution in [1.82, 2.24) is 20.6 Å². The maximum Gasteiger partial charge on any atom is 0.342 e. The van der Waals surface area contributed by atoms with Gasteiger partial charge in [-0.3, -0.25) is 14.6 Å².